The van der Waals surface area contributed by atoms with Gasteiger partial charge in [0.1, 0.15) is 6.10 Å². The summed E-state index contributed by atoms with van der Waals surface area (Å²) in [5.74, 6) is -0.107. The maximum Gasteiger partial charge on any atom is 0.251 e. The summed E-state index contributed by atoms with van der Waals surface area (Å²) < 4.78 is 12.5. The molecule has 0 bridgehead atoms. The summed E-state index contributed by atoms with van der Waals surface area (Å²) in [6, 6.07) is 5.51. The zero-order valence-electron chi connectivity index (χ0n) is 13.4. The number of nitrogens with one attached hydrogen (secondary N) is 1. The quantitative estimate of drug-likeness (QED) is 0.742. The van der Waals surface area contributed by atoms with Gasteiger partial charge in [-0.1, -0.05) is 0 Å². The van der Waals surface area contributed by atoms with Gasteiger partial charge in [-0.15, -0.1) is 22.7 Å². The molecule has 0 spiro atoms. The molecule has 1 saturated heterocycles. The van der Waals surface area contributed by atoms with E-state index in [0.717, 1.165) is 22.3 Å². The number of ether oxygens (including phenoxy) is 2. The molecule has 2 aromatic heterocycles. The second kappa shape index (κ2) is 7.57. The first-order chi connectivity index (χ1) is 12.3. The minimum atomic E-state index is -0.178. The van der Waals surface area contributed by atoms with Crippen molar-refractivity contribution in [1.29, 1.82) is 0 Å². The van der Waals surface area contributed by atoms with E-state index in [-0.39, 0.29) is 18.1 Å². The molecule has 1 aromatic carbocycles. The van der Waals surface area contributed by atoms with Gasteiger partial charge in [0.05, 0.1) is 46.2 Å². The highest BCUT2D eigenvalue weighted by molar-refractivity contribution is 7.16. The van der Waals surface area contributed by atoms with Crippen LogP contribution in [0.25, 0.3) is 10.2 Å². The molecule has 1 aliphatic heterocycles. The molecule has 3 aromatic rings. The normalized spacial score (nSPS) is 20.6. The highest BCUT2D eigenvalue weighted by atomic mass is 32.1. The van der Waals surface area contributed by atoms with E-state index < -0.39 is 0 Å². The summed E-state index contributed by atoms with van der Waals surface area (Å²) in [6.45, 7) is 1.52. The number of carbonyl (C=O) groups excluding carboxylic acids is 1. The highest BCUT2D eigenvalue weighted by Gasteiger charge is 2.28. The van der Waals surface area contributed by atoms with E-state index in [1.165, 1.54) is 11.3 Å². The molecule has 8 heteroatoms. The Morgan fingerprint density at radius 2 is 2.32 bits per heavy atom. The number of hydrogen-bond donors (Lipinski definition) is 1. The summed E-state index contributed by atoms with van der Waals surface area (Å²) in [4.78, 5) is 21.1. The van der Waals surface area contributed by atoms with Crippen LogP contribution in [-0.4, -0.2) is 41.2 Å². The predicted molar refractivity (Wildman–Crippen MR) is 97.0 cm³/mol. The van der Waals surface area contributed by atoms with E-state index in [1.54, 1.807) is 22.4 Å². The Balaban J connectivity index is 1.42. The number of rotatable bonds is 5. The third-order valence-electron chi connectivity index (χ3n) is 4.14. The first-order valence-electron chi connectivity index (χ1n) is 8.00. The second-order valence-electron chi connectivity index (χ2n) is 5.81. The number of benzene rings is 1. The smallest absolute Gasteiger partial charge is 0.251 e. The van der Waals surface area contributed by atoms with Crippen LogP contribution in [0.2, 0.25) is 0 Å². The van der Waals surface area contributed by atoms with E-state index in [9.17, 15) is 4.79 Å². The maximum atomic E-state index is 12.6. The number of hydrogen-bond acceptors (Lipinski definition) is 7. The molecule has 1 fully saturated rings. The molecule has 1 amide bonds. The van der Waals surface area contributed by atoms with Gasteiger partial charge in [0.2, 0.25) is 0 Å². The topological polar surface area (TPSA) is 73.3 Å². The largest absolute Gasteiger partial charge is 0.379 e. The molecular weight excluding hydrogens is 358 g/mol. The Labute approximate surface area is 152 Å². The first kappa shape index (κ1) is 16.6. The molecule has 0 unspecified atom stereocenters. The van der Waals surface area contributed by atoms with Gasteiger partial charge in [-0.3, -0.25) is 4.79 Å². The lowest BCUT2D eigenvalue weighted by molar-refractivity contribution is -0.0742. The molecule has 3 heterocycles. The lowest BCUT2D eigenvalue weighted by atomic mass is 10.0. The third kappa shape index (κ3) is 3.87. The fraction of sp³-hybridized carbons (Fsp3) is 0.353. The fourth-order valence-corrected chi connectivity index (χ4v) is 4.00. The third-order valence-corrected chi connectivity index (χ3v) is 5.59. The van der Waals surface area contributed by atoms with Gasteiger partial charge >= 0.3 is 0 Å². The van der Waals surface area contributed by atoms with Gasteiger partial charge in [-0.25, -0.2) is 9.97 Å². The van der Waals surface area contributed by atoms with Gasteiger partial charge in [-0.05, 0) is 24.6 Å². The molecular formula is C17H17N3O3S2. The molecule has 6 nitrogen and oxygen atoms in total. The first-order valence-corrected chi connectivity index (χ1v) is 9.82. The van der Waals surface area contributed by atoms with Crippen molar-refractivity contribution in [2.75, 3.05) is 13.2 Å². The van der Waals surface area contributed by atoms with Crippen LogP contribution in [0.4, 0.5) is 0 Å². The monoisotopic (exact) mass is 375 g/mol. The minimum Gasteiger partial charge on any atom is -0.379 e. The molecule has 4 rings (SSSR count). The van der Waals surface area contributed by atoms with Crippen molar-refractivity contribution >= 4 is 38.8 Å². The van der Waals surface area contributed by atoms with Gasteiger partial charge in [0.25, 0.3) is 5.91 Å². The van der Waals surface area contributed by atoms with E-state index >= 15 is 0 Å². The number of carbonyl (C=O) groups is 1. The van der Waals surface area contributed by atoms with E-state index in [0.29, 0.717) is 25.4 Å². The van der Waals surface area contributed by atoms with Crippen LogP contribution in [0.1, 0.15) is 22.5 Å². The standard InChI is InChI=1S/C17H17N3O3S2/c21-17(11-1-2-16-14(5-11)19-10-25-16)20-13-3-4-22-7-15(13)23-6-12-8-24-9-18-12/h1-2,5,8-10,13,15H,3-4,6-7H2,(H,20,21)/t13-,15-/m1/s1. The predicted octanol–water partition coefficient (Wildman–Crippen LogP) is 2.86. The van der Waals surface area contributed by atoms with Crippen molar-refractivity contribution in [1.82, 2.24) is 15.3 Å². The van der Waals surface area contributed by atoms with Crippen LogP contribution >= 0.6 is 22.7 Å². The second-order valence-corrected chi connectivity index (χ2v) is 7.41. The van der Waals surface area contributed by atoms with Gasteiger partial charge in [-0.2, -0.15) is 0 Å². The van der Waals surface area contributed by atoms with Gasteiger partial charge in [0.15, 0.2) is 0 Å². The Bertz CT molecular complexity index is 850. The fourth-order valence-electron chi connectivity index (χ4n) is 2.79. The lowest BCUT2D eigenvalue weighted by Gasteiger charge is -2.32. The lowest BCUT2D eigenvalue weighted by Crippen LogP contribution is -2.49. The van der Waals surface area contributed by atoms with Crippen LogP contribution in [-0.2, 0) is 16.1 Å². The summed E-state index contributed by atoms with van der Waals surface area (Å²) in [5.41, 5.74) is 5.93. The number of aromatic nitrogens is 2. The van der Waals surface area contributed by atoms with E-state index in [1.807, 2.05) is 23.6 Å². The van der Waals surface area contributed by atoms with Crippen LogP contribution in [0.15, 0.2) is 34.6 Å². The Morgan fingerprint density at radius 3 is 3.20 bits per heavy atom. The molecule has 0 radical (unpaired) electrons. The van der Waals surface area contributed by atoms with E-state index in [4.69, 9.17) is 9.47 Å². The number of nitrogens with zero attached hydrogens (tertiary/aromatic N) is 2. The highest BCUT2D eigenvalue weighted by Crippen LogP contribution is 2.20. The van der Waals surface area contributed by atoms with Crippen LogP contribution in [0.5, 0.6) is 0 Å². The average molecular weight is 375 g/mol. The van der Waals surface area contributed by atoms with Crippen LogP contribution in [0.3, 0.4) is 0 Å². The minimum absolute atomic E-state index is 0.0778. The van der Waals surface area contributed by atoms with Crippen molar-refractivity contribution in [3.05, 3.63) is 45.9 Å². The maximum absolute atomic E-state index is 12.6. The Kier molecular flexibility index (Phi) is 5.02. The van der Waals surface area contributed by atoms with Crippen LogP contribution < -0.4 is 5.32 Å². The molecule has 0 aliphatic carbocycles. The van der Waals surface area contributed by atoms with Crippen molar-refractivity contribution in [3.8, 4) is 0 Å². The van der Waals surface area contributed by atoms with Gasteiger partial charge in [0, 0.05) is 17.6 Å². The Morgan fingerprint density at radius 1 is 1.36 bits per heavy atom. The zero-order valence-corrected chi connectivity index (χ0v) is 15.0. The number of fused-ring (bicyclic) bond motifs is 1. The number of thiazole rings is 2. The van der Waals surface area contributed by atoms with Crippen molar-refractivity contribution < 1.29 is 14.3 Å². The summed E-state index contributed by atoms with van der Waals surface area (Å²) in [6.07, 6.45) is 0.550. The summed E-state index contributed by atoms with van der Waals surface area (Å²) in [7, 11) is 0. The molecule has 2 atom stereocenters. The van der Waals surface area contributed by atoms with Gasteiger partial charge < -0.3 is 14.8 Å². The summed E-state index contributed by atoms with van der Waals surface area (Å²) >= 11 is 3.10. The molecule has 0 saturated carbocycles. The number of amides is 1. The van der Waals surface area contributed by atoms with E-state index in [2.05, 4.69) is 15.3 Å². The van der Waals surface area contributed by atoms with Crippen LogP contribution in [0, 0.1) is 0 Å². The zero-order chi connectivity index (χ0) is 17.1. The summed E-state index contributed by atoms with van der Waals surface area (Å²) in [5, 5.41) is 5.04. The van der Waals surface area contributed by atoms with Crippen molar-refractivity contribution in [2.45, 2.75) is 25.2 Å². The molecule has 130 valence electrons. The van der Waals surface area contributed by atoms with Crippen molar-refractivity contribution in [3.63, 3.8) is 0 Å². The molecule has 1 aliphatic rings. The average Bonchev–Trinajstić information content (AvgIpc) is 3.31. The Hall–Kier alpha value is -1.87. The molecule has 1 N–H and O–H groups in total. The molecule has 25 heavy (non-hydrogen) atoms. The SMILES string of the molecule is O=C(N[C@@H]1CCOC[C@H]1OCc1cscn1)c1ccc2scnc2c1. The van der Waals surface area contributed by atoms with Crippen molar-refractivity contribution in [2.24, 2.45) is 0 Å².